The molecule has 4 heterocycles. The normalized spacial score (nSPS) is 16.9. The molecule has 0 aromatic carbocycles. The molecule has 1 N–H and O–H groups in total. The maximum Gasteiger partial charge on any atom is 0.219 e. The van der Waals surface area contributed by atoms with E-state index < -0.39 is 0 Å². The van der Waals surface area contributed by atoms with Gasteiger partial charge in [-0.1, -0.05) is 0 Å². The van der Waals surface area contributed by atoms with Gasteiger partial charge in [0.15, 0.2) is 5.82 Å². The number of nitrogens with one attached hydrogen (secondary N) is 1. The number of nitriles is 1. The summed E-state index contributed by atoms with van der Waals surface area (Å²) in [5, 5.41) is 16.9. The van der Waals surface area contributed by atoms with Gasteiger partial charge in [0.25, 0.3) is 0 Å². The zero-order valence-corrected chi connectivity index (χ0v) is 15.0. The number of carbonyl (C=O) groups excluding carboxylic acids is 1. The zero-order chi connectivity index (χ0) is 18.8. The van der Waals surface area contributed by atoms with Gasteiger partial charge in [0.1, 0.15) is 5.82 Å². The molecule has 0 aliphatic carbocycles. The number of likely N-dealkylation sites (tertiary alicyclic amines) is 1. The van der Waals surface area contributed by atoms with Gasteiger partial charge in [-0.2, -0.15) is 10.4 Å². The van der Waals surface area contributed by atoms with E-state index in [4.69, 9.17) is 5.26 Å². The first-order valence-electron chi connectivity index (χ1n) is 8.87. The van der Waals surface area contributed by atoms with Crippen LogP contribution in [0, 0.1) is 11.3 Å². The number of hydrogen-bond acceptors (Lipinski definition) is 6. The first-order valence-corrected chi connectivity index (χ1v) is 8.87. The molecule has 27 heavy (non-hydrogen) atoms. The molecule has 1 atom stereocenters. The van der Waals surface area contributed by atoms with Crippen LogP contribution in [0.3, 0.4) is 0 Å². The van der Waals surface area contributed by atoms with Crippen molar-refractivity contribution in [2.45, 2.75) is 25.8 Å². The van der Waals surface area contributed by atoms with Crippen molar-refractivity contribution < 1.29 is 4.79 Å². The molecule has 8 nitrogen and oxygen atoms in total. The maximum absolute atomic E-state index is 11.6. The van der Waals surface area contributed by atoms with Gasteiger partial charge in [-0.3, -0.25) is 4.79 Å². The second-order valence-corrected chi connectivity index (χ2v) is 6.63. The highest BCUT2D eigenvalue weighted by Crippen LogP contribution is 2.23. The number of pyridine rings is 1. The van der Waals surface area contributed by atoms with E-state index in [1.165, 1.54) is 0 Å². The van der Waals surface area contributed by atoms with E-state index >= 15 is 0 Å². The number of rotatable bonds is 3. The van der Waals surface area contributed by atoms with Gasteiger partial charge < -0.3 is 10.2 Å². The SMILES string of the molecule is CC(=O)N1CCC[C@@H](Nc2ccnc(-c3cnn4ccc(C#N)cc34)n2)C1. The van der Waals surface area contributed by atoms with Gasteiger partial charge in [0.2, 0.25) is 5.91 Å². The Bertz CT molecular complexity index is 1040. The molecule has 1 fully saturated rings. The second-order valence-electron chi connectivity index (χ2n) is 6.63. The Morgan fingerprint density at radius 1 is 1.41 bits per heavy atom. The van der Waals surface area contributed by atoms with Crippen LogP contribution in [0.2, 0.25) is 0 Å². The number of carbonyl (C=O) groups is 1. The van der Waals surface area contributed by atoms with E-state index in [-0.39, 0.29) is 11.9 Å². The fourth-order valence-electron chi connectivity index (χ4n) is 3.38. The summed E-state index contributed by atoms with van der Waals surface area (Å²) in [5.41, 5.74) is 2.11. The van der Waals surface area contributed by atoms with Gasteiger partial charge in [-0.05, 0) is 31.0 Å². The topological polar surface area (TPSA) is 99.2 Å². The molecule has 0 saturated carbocycles. The molecule has 1 saturated heterocycles. The minimum Gasteiger partial charge on any atom is -0.365 e. The molecular weight excluding hydrogens is 342 g/mol. The number of fused-ring (bicyclic) bond motifs is 1. The van der Waals surface area contributed by atoms with Crippen LogP contribution in [-0.4, -0.2) is 49.5 Å². The summed E-state index contributed by atoms with van der Waals surface area (Å²) in [4.78, 5) is 22.5. The van der Waals surface area contributed by atoms with Crippen LogP contribution < -0.4 is 5.32 Å². The van der Waals surface area contributed by atoms with Crippen LogP contribution in [0.25, 0.3) is 16.9 Å². The first-order chi connectivity index (χ1) is 13.1. The van der Waals surface area contributed by atoms with E-state index in [1.54, 1.807) is 42.2 Å². The van der Waals surface area contributed by atoms with Gasteiger partial charge >= 0.3 is 0 Å². The number of nitrogens with zero attached hydrogens (tertiary/aromatic N) is 6. The second kappa shape index (κ2) is 7.03. The van der Waals surface area contributed by atoms with E-state index in [9.17, 15) is 4.79 Å². The van der Waals surface area contributed by atoms with Crippen LogP contribution in [0.4, 0.5) is 5.82 Å². The summed E-state index contributed by atoms with van der Waals surface area (Å²) in [6.45, 7) is 3.09. The van der Waals surface area contributed by atoms with E-state index in [1.807, 2.05) is 11.0 Å². The quantitative estimate of drug-likeness (QED) is 0.767. The van der Waals surface area contributed by atoms with Crippen LogP contribution in [0.1, 0.15) is 25.3 Å². The maximum atomic E-state index is 11.6. The van der Waals surface area contributed by atoms with Crippen molar-refractivity contribution in [3.63, 3.8) is 0 Å². The van der Waals surface area contributed by atoms with Gasteiger partial charge in [-0.25, -0.2) is 14.5 Å². The summed E-state index contributed by atoms with van der Waals surface area (Å²) in [6, 6.07) is 7.62. The Balaban J connectivity index is 1.60. The molecule has 136 valence electrons. The smallest absolute Gasteiger partial charge is 0.219 e. The van der Waals surface area contributed by atoms with E-state index in [2.05, 4.69) is 26.5 Å². The lowest BCUT2D eigenvalue weighted by Crippen LogP contribution is -2.44. The van der Waals surface area contributed by atoms with E-state index in [0.29, 0.717) is 23.8 Å². The first kappa shape index (κ1) is 17.0. The molecule has 0 bridgehead atoms. The lowest BCUT2D eigenvalue weighted by atomic mass is 10.1. The molecule has 0 unspecified atom stereocenters. The minimum atomic E-state index is 0.101. The van der Waals surface area contributed by atoms with Crippen molar-refractivity contribution in [1.29, 1.82) is 5.26 Å². The molecule has 1 amide bonds. The standard InChI is InChI=1S/C19H19N7O/c1-13(27)25-7-2-3-15(12-25)23-18-4-6-21-19(24-18)16-11-22-26-8-5-14(10-20)9-17(16)26/h4-6,8-9,11,15H,2-3,7,12H2,1H3,(H,21,23,24)/t15-/m1/s1. The Kier molecular flexibility index (Phi) is 4.42. The fraction of sp³-hybridized carbons (Fsp3) is 0.316. The van der Waals surface area contributed by atoms with Crippen molar-refractivity contribution >= 4 is 17.2 Å². The molecule has 0 spiro atoms. The lowest BCUT2D eigenvalue weighted by Gasteiger charge is -2.32. The molecule has 1 aliphatic rings. The predicted octanol–water partition coefficient (Wildman–Crippen LogP) is 2.09. The fourth-order valence-corrected chi connectivity index (χ4v) is 3.38. The van der Waals surface area contributed by atoms with Gasteiger partial charge in [0.05, 0.1) is 28.9 Å². The summed E-state index contributed by atoms with van der Waals surface area (Å²) < 4.78 is 1.70. The van der Waals surface area contributed by atoms with Gasteiger partial charge in [-0.15, -0.1) is 0 Å². The predicted molar refractivity (Wildman–Crippen MR) is 99.8 cm³/mol. The highest BCUT2D eigenvalue weighted by Gasteiger charge is 2.22. The number of aromatic nitrogens is 4. The molecule has 3 aromatic rings. The Hall–Kier alpha value is -3.47. The van der Waals surface area contributed by atoms with Crippen molar-refractivity contribution in [1.82, 2.24) is 24.5 Å². The van der Waals surface area contributed by atoms with Crippen LogP contribution in [0.15, 0.2) is 36.8 Å². The summed E-state index contributed by atoms with van der Waals surface area (Å²) in [6.07, 6.45) is 7.12. The van der Waals surface area contributed by atoms with Crippen molar-refractivity contribution in [2.24, 2.45) is 0 Å². The van der Waals surface area contributed by atoms with Crippen molar-refractivity contribution in [3.05, 3.63) is 42.4 Å². The van der Waals surface area contributed by atoms with Crippen LogP contribution >= 0.6 is 0 Å². The average Bonchev–Trinajstić information content (AvgIpc) is 3.11. The van der Waals surface area contributed by atoms with Crippen LogP contribution in [-0.2, 0) is 4.79 Å². The Morgan fingerprint density at radius 2 is 2.30 bits per heavy atom. The molecule has 4 rings (SSSR count). The summed E-state index contributed by atoms with van der Waals surface area (Å²) >= 11 is 0. The van der Waals surface area contributed by atoms with Crippen molar-refractivity contribution in [2.75, 3.05) is 18.4 Å². The third-order valence-corrected chi connectivity index (χ3v) is 4.77. The molecular formula is C19H19N7O. The van der Waals surface area contributed by atoms with Crippen molar-refractivity contribution in [3.8, 4) is 17.5 Å². The average molecular weight is 361 g/mol. The largest absolute Gasteiger partial charge is 0.365 e. The lowest BCUT2D eigenvalue weighted by molar-refractivity contribution is -0.129. The third-order valence-electron chi connectivity index (χ3n) is 4.77. The molecule has 0 radical (unpaired) electrons. The molecule has 3 aromatic heterocycles. The molecule has 8 heteroatoms. The summed E-state index contributed by atoms with van der Waals surface area (Å²) in [5.74, 6) is 1.36. The van der Waals surface area contributed by atoms with Crippen LogP contribution in [0.5, 0.6) is 0 Å². The zero-order valence-electron chi connectivity index (χ0n) is 15.0. The number of anilines is 1. The highest BCUT2D eigenvalue weighted by molar-refractivity contribution is 5.77. The minimum absolute atomic E-state index is 0.101. The van der Waals surface area contributed by atoms with E-state index in [0.717, 1.165) is 30.5 Å². The Labute approximate surface area is 156 Å². The number of amides is 1. The number of hydrogen-bond donors (Lipinski definition) is 1. The number of piperidine rings is 1. The van der Waals surface area contributed by atoms with Gasteiger partial charge in [0, 0.05) is 38.4 Å². The third kappa shape index (κ3) is 3.44. The summed E-state index contributed by atoms with van der Waals surface area (Å²) in [7, 11) is 0. The monoisotopic (exact) mass is 361 g/mol. The highest BCUT2D eigenvalue weighted by atomic mass is 16.2. The molecule has 1 aliphatic heterocycles. The Morgan fingerprint density at radius 3 is 3.11 bits per heavy atom.